The quantitative estimate of drug-likeness (QED) is 0.543. The van der Waals surface area contributed by atoms with Gasteiger partial charge in [0.15, 0.2) is 0 Å². The molecule has 0 saturated carbocycles. The highest BCUT2D eigenvalue weighted by molar-refractivity contribution is 4.60. The van der Waals surface area contributed by atoms with Crippen molar-refractivity contribution in [2.45, 2.75) is 51.9 Å². The molecule has 0 spiro atoms. The van der Waals surface area contributed by atoms with Gasteiger partial charge in [0.1, 0.15) is 0 Å². The zero-order valence-electron chi connectivity index (χ0n) is 9.10. The summed E-state index contributed by atoms with van der Waals surface area (Å²) in [6, 6.07) is 0. The van der Waals surface area contributed by atoms with E-state index in [1.165, 1.54) is 44.9 Å². The average molecular weight is 186 g/mol. The lowest BCUT2D eigenvalue weighted by atomic mass is 10.0. The third kappa shape index (κ3) is 8.26. The molecular weight excluding hydrogens is 160 g/mol. The van der Waals surface area contributed by atoms with E-state index >= 15 is 0 Å². The number of rotatable bonds is 9. The minimum Gasteiger partial charge on any atom is -0.330 e. The van der Waals surface area contributed by atoms with Gasteiger partial charge in [-0.1, -0.05) is 45.4 Å². The molecule has 13 heavy (non-hydrogen) atoms. The van der Waals surface area contributed by atoms with Crippen molar-refractivity contribution in [2.24, 2.45) is 17.4 Å². The number of unbranched alkanes of at least 4 members (excludes halogenated alkanes) is 5. The van der Waals surface area contributed by atoms with Gasteiger partial charge < -0.3 is 11.5 Å². The van der Waals surface area contributed by atoms with Crippen LogP contribution in [0.15, 0.2) is 0 Å². The Morgan fingerprint density at radius 1 is 0.846 bits per heavy atom. The van der Waals surface area contributed by atoms with Gasteiger partial charge in [0, 0.05) is 0 Å². The maximum atomic E-state index is 5.57. The first kappa shape index (κ1) is 12.9. The number of hydrogen-bond acceptors (Lipinski definition) is 2. The molecule has 0 aromatic heterocycles. The molecule has 0 fully saturated rings. The molecule has 0 heterocycles. The van der Waals surface area contributed by atoms with E-state index in [2.05, 4.69) is 6.92 Å². The molecule has 0 aromatic carbocycles. The fourth-order valence-electron chi connectivity index (χ4n) is 1.55. The van der Waals surface area contributed by atoms with Crippen LogP contribution in [0.2, 0.25) is 0 Å². The minimum atomic E-state index is 0.561. The highest BCUT2D eigenvalue weighted by Crippen LogP contribution is 2.10. The van der Waals surface area contributed by atoms with Crippen molar-refractivity contribution >= 4 is 0 Å². The van der Waals surface area contributed by atoms with E-state index < -0.39 is 0 Å². The molecule has 0 radical (unpaired) electrons. The van der Waals surface area contributed by atoms with Crippen LogP contribution in [0.25, 0.3) is 0 Å². The van der Waals surface area contributed by atoms with E-state index in [0.29, 0.717) is 5.92 Å². The molecule has 0 atom stereocenters. The van der Waals surface area contributed by atoms with Crippen LogP contribution >= 0.6 is 0 Å². The van der Waals surface area contributed by atoms with Gasteiger partial charge in [-0.15, -0.1) is 0 Å². The summed E-state index contributed by atoms with van der Waals surface area (Å²) in [6.45, 7) is 3.76. The minimum absolute atomic E-state index is 0.561. The predicted octanol–water partition coefficient (Wildman–Crippen LogP) is 2.27. The second-order valence-electron chi connectivity index (χ2n) is 3.89. The Kier molecular flexibility index (Phi) is 9.94. The first-order valence-electron chi connectivity index (χ1n) is 5.75. The molecule has 4 N–H and O–H groups in total. The molecule has 2 nitrogen and oxygen atoms in total. The summed E-state index contributed by atoms with van der Waals surface area (Å²) in [5.41, 5.74) is 11.1. The lowest BCUT2D eigenvalue weighted by molar-refractivity contribution is 0.467. The van der Waals surface area contributed by atoms with Gasteiger partial charge in [0.25, 0.3) is 0 Å². The van der Waals surface area contributed by atoms with E-state index in [-0.39, 0.29) is 0 Å². The van der Waals surface area contributed by atoms with E-state index in [1.54, 1.807) is 0 Å². The van der Waals surface area contributed by atoms with Crippen LogP contribution in [0.3, 0.4) is 0 Å². The summed E-state index contributed by atoms with van der Waals surface area (Å²) >= 11 is 0. The molecule has 80 valence electrons. The van der Waals surface area contributed by atoms with Crippen LogP contribution in [-0.2, 0) is 0 Å². The summed E-state index contributed by atoms with van der Waals surface area (Å²) in [5, 5.41) is 0. The molecule has 0 rings (SSSR count). The zero-order valence-corrected chi connectivity index (χ0v) is 9.10. The molecule has 0 aliphatic carbocycles. The Labute approximate surface area is 83.1 Å². The van der Waals surface area contributed by atoms with Crippen LogP contribution < -0.4 is 11.5 Å². The Morgan fingerprint density at radius 3 is 1.92 bits per heavy atom. The maximum absolute atomic E-state index is 5.57. The Balaban J connectivity index is 3.05. The third-order valence-electron chi connectivity index (χ3n) is 2.63. The predicted molar refractivity (Wildman–Crippen MR) is 59.6 cm³/mol. The summed E-state index contributed by atoms with van der Waals surface area (Å²) in [4.78, 5) is 0. The second kappa shape index (κ2) is 10.0. The molecule has 0 amide bonds. The van der Waals surface area contributed by atoms with Gasteiger partial charge in [0.05, 0.1) is 0 Å². The van der Waals surface area contributed by atoms with Gasteiger partial charge in [-0.3, -0.25) is 0 Å². The fourth-order valence-corrected chi connectivity index (χ4v) is 1.55. The highest BCUT2D eigenvalue weighted by Gasteiger charge is 2.02. The third-order valence-corrected chi connectivity index (χ3v) is 2.63. The van der Waals surface area contributed by atoms with Crippen molar-refractivity contribution in [1.82, 2.24) is 0 Å². The van der Waals surface area contributed by atoms with E-state index in [4.69, 9.17) is 11.5 Å². The van der Waals surface area contributed by atoms with Crippen molar-refractivity contribution in [3.05, 3.63) is 0 Å². The average Bonchev–Trinajstić information content (AvgIpc) is 2.17. The lowest BCUT2D eigenvalue weighted by Gasteiger charge is -2.10. The molecule has 0 unspecified atom stereocenters. The molecule has 2 heteroatoms. The standard InChI is InChI=1S/C11H26N2/c1-2-3-4-5-6-7-8-11(9-12)10-13/h11H,2-10,12-13H2,1H3. The summed E-state index contributed by atoms with van der Waals surface area (Å²) in [6.07, 6.45) is 9.38. The summed E-state index contributed by atoms with van der Waals surface area (Å²) in [5.74, 6) is 0.561. The monoisotopic (exact) mass is 186 g/mol. The van der Waals surface area contributed by atoms with Gasteiger partial charge in [0.2, 0.25) is 0 Å². The first-order chi connectivity index (χ1) is 6.35. The van der Waals surface area contributed by atoms with Gasteiger partial charge in [-0.2, -0.15) is 0 Å². The van der Waals surface area contributed by atoms with Crippen molar-refractivity contribution in [3.63, 3.8) is 0 Å². The van der Waals surface area contributed by atoms with Crippen molar-refractivity contribution in [3.8, 4) is 0 Å². The normalized spacial score (nSPS) is 11.1. The Morgan fingerprint density at radius 2 is 1.38 bits per heavy atom. The summed E-state index contributed by atoms with van der Waals surface area (Å²) in [7, 11) is 0. The van der Waals surface area contributed by atoms with Crippen LogP contribution in [-0.4, -0.2) is 13.1 Å². The van der Waals surface area contributed by atoms with Crippen molar-refractivity contribution < 1.29 is 0 Å². The molecule has 0 saturated heterocycles. The van der Waals surface area contributed by atoms with Crippen LogP contribution in [0.1, 0.15) is 51.9 Å². The van der Waals surface area contributed by atoms with Crippen molar-refractivity contribution in [1.29, 1.82) is 0 Å². The largest absolute Gasteiger partial charge is 0.330 e. The zero-order chi connectivity index (χ0) is 9.94. The highest BCUT2D eigenvalue weighted by atomic mass is 14.6. The Bertz CT molecular complexity index is 90.1. The molecule has 0 bridgehead atoms. The van der Waals surface area contributed by atoms with E-state index in [9.17, 15) is 0 Å². The number of nitrogens with two attached hydrogens (primary N) is 2. The SMILES string of the molecule is CCCCCCCCC(CN)CN. The van der Waals surface area contributed by atoms with E-state index in [0.717, 1.165) is 13.1 Å². The first-order valence-corrected chi connectivity index (χ1v) is 5.75. The van der Waals surface area contributed by atoms with E-state index in [1.807, 2.05) is 0 Å². The number of hydrogen-bond donors (Lipinski definition) is 2. The van der Waals surface area contributed by atoms with Crippen LogP contribution in [0.4, 0.5) is 0 Å². The maximum Gasteiger partial charge on any atom is -0.00368 e. The second-order valence-corrected chi connectivity index (χ2v) is 3.89. The van der Waals surface area contributed by atoms with Crippen LogP contribution in [0.5, 0.6) is 0 Å². The molecular formula is C11H26N2. The molecule has 0 aliphatic heterocycles. The van der Waals surface area contributed by atoms with Gasteiger partial charge in [-0.25, -0.2) is 0 Å². The lowest BCUT2D eigenvalue weighted by Crippen LogP contribution is -2.22. The van der Waals surface area contributed by atoms with Crippen LogP contribution in [0, 0.1) is 5.92 Å². The Hall–Kier alpha value is -0.0800. The van der Waals surface area contributed by atoms with Crippen molar-refractivity contribution in [2.75, 3.05) is 13.1 Å². The molecule has 0 aromatic rings. The summed E-state index contributed by atoms with van der Waals surface area (Å²) < 4.78 is 0. The molecule has 0 aliphatic rings. The smallest absolute Gasteiger partial charge is 0.00368 e. The topological polar surface area (TPSA) is 52.0 Å². The van der Waals surface area contributed by atoms with Gasteiger partial charge >= 0.3 is 0 Å². The van der Waals surface area contributed by atoms with Gasteiger partial charge in [-0.05, 0) is 25.4 Å². The fraction of sp³-hybridized carbons (Fsp3) is 1.00.